The van der Waals surface area contributed by atoms with Gasteiger partial charge in [0, 0.05) is 32.5 Å². The zero-order chi connectivity index (χ0) is 13.0. The van der Waals surface area contributed by atoms with E-state index in [-0.39, 0.29) is 0 Å². The standard InChI is InChI=1S/C13H20N2O3/c1-16-13(17-2)9-15(10-13)6-7-18-12-5-3-4-11(14)8-12/h3-5,8H,6-7,9-10,14H2,1-2H3. The van der Waals surface area contributed by atoms with Crippen LogP contribution in [0.5, 0.6) is 5.75 Å². The first-order valence-corrected chi connectivity index (χ1v) is 5.98. The van der Waals surface area contributed by atoms with E-state index >= 15 is 0 Å². The lowest BCUT2D eigenvalue weighted by Gasteiger charge is -2.47. The van der Waals surface area contributed by atoms with Crippen molar-refractivity contribution in [1.82, 2.24) is 4.90 Å². The third kappa shape index (κ3) is 2.93. The van der Waals surface area contributed by atoms with E-state index in [1.54, 1.807) is 14.2 Å². The van der Waals surface area contributed by atoms with Gasteiger partial charge in [0.05, 0.1) is 13.1 Å². The maximum atomic E-state index is 5.68. The van der Waals surface area contributed by atoms with Crippen LogP contribution < -0.4 is 10.5 Å². The number of anilines is 1. The Bertz CT molecular complexity index is 386. The number of likely N-dealkylation sites (tertiary alicyclic amines) is 1. The van der Waals surface area contributed by atoms with E-state index in [1.165, 1.54) is 0 Å². The molecule has 0 aliphatic carbocycles. The van der Waals surface area contributed by atoms with E-state index in [2.05, 4.69) is 4.90 Å². The number of rotatable bonds is 6. The summed E-state index contributed by atoms with van der Waals surface area (Å²) in [5, 5.41) is 0. The van der Waals surface area contributed by atoms with Gasteiger partial charge in [0.2, 0.25) is 0 Å². The van der Waals surface area contributed by atoms with E-state index in [0.717, 1.165) is 25.4 Å². The Morgan fingerprint density at radius 1 is 1.28 bits per heavy atom. The lowest BCUT2D eigenvalue weighted by Crippen LogP contribution is -2.64. The monoisotopic (exact) mass is 252 g/mol. The van der Waals surface area contributed by atoms with Crippen LogP contribution in [0.25, 0.3) is 0 Å². The highest BCUT2D eigenvalue weighted by atomic mass is 16.7. The molecule has 5 heteroatoms. The minimum Gasteiger partial charge on any atom is -0.492 e. The topological polar surface area (TPSA) is 57.0 Å². The van der Waals surface area contributed by atoms with Gasteiger partial charge in [-0.15, -0.1) is 0 Å². The zero-order valence-corrected chi connectivity index (χ0v) is 10.9. The minimum absolute atomic E-state index is 0.419. The summed E-state index contributed by atoms with van der Waals surface area (Å²) < 4.78 is 16.2. The molecule has 0 spiro atoms. The Kier molecular flexibility index (Phi) is 4.06. The SMILES string of the molecule is COC1(OC)CN(CCOc2cccc(N)c2)C1. The van der Waals surface area contributed by atoms with Crippen LogP contribution in [0.1, 0.15) is 0 Å². The molecule has 0 amide bonds. The third-order valence-corrected chi connectivity index (χ3v) is 3.21. The summed E-state index contributed by atoms with van der Waals surface area (Å²) in [6.07, 6.45) is 0. The van der Waals surface area contributed by atoms with Gasteiger partial charge in [-0.2, -0.15) is 0 Å². The molecule has 0 unspecified atom stereocenters. The second-order valence-electron chi connectivity index (χ2n) is 4.45. The predicted octanol–water partition coefficient (Wildman–Crippen LogP) is 0.952. The molecule has 2 rings (SSSR count). The van der Waals surface area contributed by atoms with Crippen LogP contribution in [-0.2, 0) is 9.47 Å². The van der Waals surface area contributed by atoms with E-state index in [0.29, 0.717) is 12.3 Å². The van der Waals surface area contributed by atoms with Gasteiger partial charge >= 0.3 is 0 Å². The molecule has 1 saturated heterocycles. The molecule has 5 nitrogen and oxygen atoms in total. The highest BCUT2D eigenvalue weighted by molar-refractivity contribution is 5.43. The number of benzene rings is 1. The molecular formula is C13H20N2O3. The molecule has 1 aromatic carbocycles. The van der Waals surface area contributed by atoms with Crippen LogP contribution in [0.3, 0.4) is 0 Å². The lowest BCUT2D eigenvalue weighted by molar-refractivity contribution is -0.275. The van der Waals surface area contributed by atoms with Crippen molar-refractivity contribution in [1.29, 1.82) is 0 Å². The summed E-state index contributed by atoms with van der Waals surface area (Å²) in [5.41, 5.74) is 6.39. The summed E-state index contributed by atoms with van der Waals surface area (Å²) in [6, 6.07) is 7.45. The first kappa shape index (κ1) is 13.1. The summed E-state index contributed by atoms with van der Waals surface area (Å²) in [5.74, 6) is 0.386. The number of methoxy groups -OCH3 is 2. The van der Waals surface area contributed by atoms with Gasteiger partial charge in [-0.05, 0) is 12.1 Å². The summed E-state index contributed by atoms with van der Waals surface area (Å²) >= 11 is 0. The van der Waals surface area contributed by atoms with Gasteiger partial charge in [-0.1, -0.05) is 6.07 Å². The van der Waals surface area contributed by atoms with Crippen LogP contribution in [0, 0.1) is 0 Å². The minimum atomic E-state index is -0.419. The van der Waals surface area contributed by atoms with Gasteiger partial charge in [-0.3, -0.25) is 4.90 Å². The van der Waals surface area contributed by atoms with Crippen LogP contribution in [0.2, 0.25) is 0 Å². The number of nitrogens with two attached hydrogens (primary N) is 1. The van der Waals surface area contributed by atoms with Crippen molar-refractivity contribution in [3.05, 3.63) is 24.3 Å². The van der Waals surface area contributed by atoms with Crippen molar-refractivity contribution in [3.63, 3.8) is 0 Å². The zero-order valence-electron chi connectivity index (χ0n) is 10.9. The fourth-order valence-electron chi connectivity index (χ4n) is 2.03. The second-order valence-corrected chi connectivity index (χ2v) is 4.45. The molecule has 0 bridgehead atoms. The number of hydrogen-bond acceptors (Lipinski definition) is 5. The highest BCUT2D eigenvalue weighted by Crippen LogP contribution is 2.24. The van der Waals surface area contributed by atoms with Crippen molar-refractivity contribution < 1.29 is 14.2 Å². The average Bonchev–Trinajstić information content (AvgIpc) is 2.32. The van der Waals surface area contributed by atoms with Gasteiger partial charge in [0.1, 0.15) is 12.4 Å². The van der Waals surface area contributed by atoms with Gasteiger partial charge in [0.25, 0.3) is 0 Å². The predicted molar refractivity (Wildman–Crippen MR) is 69.5 cm³/mol. The van der Waals surface area contributed by atoms with E-state index in [1.807, 2.05) is 24.3 Å². The van der Waals surface area contributed by atoms with E-state index in [9.17, 15) is 0 Å². The van der Waals surface area contributed by atoms with Crippen molar-refractivity contribution in [2.75, 3.05) is 46.2 Å². The fourth-order valence-corrected chi connectivity index (χ4v) is 2.03. The number of nitrogen functional groups attached to an aromatic ring is 1. The summed E-state index contributed by atoms with van der Waals surface area (Å²) in [6.45, 7) is 3.04. The van der Waals surface area contributed by atoms with Gasteiger partial charge in [-0.25, -0.2) is 0 Å². The Morgan fingerprint density at radius 2 is 2.00 bits per heavy atom. The molecule has 0 radical (unpaired) electrons. The molecular weight excluding hydrogens is 232 g/mol. The second kappa shape index (κ2) is 5.56. The molecule has 1 aromatic rings. The lowest BCUT2D eigenvalue weighted by atomic mass is 10.1. The number of ether oxygens (including phenoxy) is 3. The molecule has 1 heterocycles. The Morgan fingerprint density at radius 3 is 2.61 bits per heavy atom. The Labute approximate surface area is 107 Å². The van der Waals surface area contributed by atoms with Crippen molar-refractivity contribution in [3.8, 4) is 5.75 Å². The molecule has 0 atom stereocenters. The molecule has 18 heavy (non-hydrogen) atoms. The fraction of sp³-hybridized carbons (Fsp3) is 0.538. The quantitative estimate of drug-likeness (QED) is 0.603. The molecule has 1 aliphatic heterocycles. The van der Waals surface area contributed by atoms with Crippen LogP contribution >= 0.6 is 0 Å². The van der Waals surface area contributed by atoms with Gasteiger partial charge < -0.3 is 19.9 Å². The molecule has 0 saturated carbocycles. The van der Waals surface area contributed by atoms with E-state index in [4.69, 9.17) is 19.9 Å². The van der Waals surface area contributed by atoms with E-state index < -0.39 is 5.79 Å². The normalized spacial score (nSPS) is 18.3. The van der Waals surface area contributed by atoms with Crippen LogP contribution in [0.4, 0.5) is 5.69 Å². The first-order chi connectivity index (χ1) is 8.67. The molecule has 100 valence electrons. The Balaban J connectivity index is 1.69. The van der Waals surface area contributed by atoms with Crippen molar-refractivity contribution in [2.45, 2.75) is 5.79 Å². The molecule has 1 aliphatic rings. The van der Waals surface area contributed by atoms with Crippen molar-refractivity contribution in [2.24, 2.45) is 0 Å². The molecule has 0 aromatic heterocycles. The third-order valence-electron chi connectivity index (χ3n) is 3.21. The number of hydrogen-bond donors (Lipinski definition) is 1. The molecule has 1 fully saturated rings. The summed E-state index contributed by atoms with van der Waals surface area (Å²) in [4.78, 5) is 2.22. The molecule has 2 N–H and O–H groups in total. The maximum absolute atomic E-state index is 5.68. The smallest absolute Gasteiger partial charge is 0.193 e. The highest BCUT2D eigenvalue weighted by Gasteiger charge is 2.43. The number of nitrogens with zero attached hydrogens (tertiary/aromatic N) is 1. The van der Waals surface area contributed by atoms with Gasteiger partial charge in [0.15, 0.2) is 5.79 Å². The first-order valence-electron chi connectivity index (χ1n) is 5.98. The summed E-state index contributed by atoms with van der Waals surface area (Å²) in [7, 11) is 3.34. The largest absolute Gasteiger partial charge is 0.492 e. The van der Waals surface area contributed by atoms with Crippen molar-refractivity contribution >= 4 is 5.69 Å². The van der Waals surface area contributed by atoms with Crippen LogP contribution in [0.15, 0.2) is 24.3 Å². The Hall–Kier alpha value is -1.30. The average molecular weight is 252 g/mol. The maximum Gasteiger partial charge on any atom is 0.193 e. The van der Waals surface area contributed by atoms with Crippen LogP contribution in [-0.4, -0.2) is 51.1 Å².